The number of ketones is 1. The fourth-order valence-electron chi connectivity index (χ4n) is 0.941. The summed E-state index contributed by atoms with van der Waals surface area (Å²) in [6.07, 6.45) is 0.977. The summed E-state index contributed by atoms with van der Waals surface area (Å²) in [5.41, 5.74) is 0. The molecule has 1 unspecified atom stereocenters. The van der Waals surface area contributed by atoms with Gasteiger partial charge in [-0.25, -0.2) is 0 Å². The highest BCUT2D eigenvalue weighted by molar-refractivity contribution is 5.72. The molecule has 80 valence electrons. The molecule has 0 aromatic rings. The first kappa shape index (κ1) is 15.1. The normalized spacial score (nSPS) is 14.5. The molecule has 2 heteroatoms. The van der Waals surface area contributed by atoms with Crippen LogP contribution in [0.1, 0.15) is 48.0 Å². The molecule has 1 N–H and O–H groups in total. The molecular formula is C11H24O2. The summed E-state index contributed by atoms with van der Waals surface area (Å²) in [6.45, 7) is 11.4. The Hall–Kier alpha value is -0.370. The van der Waals surface area contributed by atoms with Gasteiger partial charge in [0.25, 0.3) is 0 Å². The predicted molar refractivity (Wildman–Crippen MR) is 56.7 cm³/mol. The largest absolute Gasteiger partial charge is 0.393 e. The second kappa shape index (κ2) is 8.24. The molecule has 0 fully saturated rings. The third-order valence-corrected chi connectivity index (χ3v) is 1.67. The van der Waals surface area contributed by atoms with E-state index < -0.39 is 0 Å². The number of hydrogen-bond donors (Lipinski definition) is 1. The van der Waals surface area contributed by atoms with Crippen molar-refractivity contribution in [2.75, 3.05) is 0 Å². The Balaban J connectivity index is 0. The average molecular weight is 188 g/mol. The minimum absolute atomic E-state index is 0.146. The van der Waals surface area contributed by atoms with E-state index in [9.17, 15) is 4.79 Å². The molecule has 2 atom stereocenters. The number of aliphatic hydroxyl groups is 1. The molecule has 0 aliphatic heterocycles. The van der Waals surface area contributed by atoms with Gasteiger partial charge in [0.2, 0.25) is 0 Å². The maximum Gasteiger partial charge on any atom is 0.126 e. The summed E-state index contributed by atoms with van der Waals surface area (Å²) < 4.78 is 0. The van der Waals surface area contributed by atoms with Crippen molar-refractivity contribution in [2.45, 2.75) is 54.1 Å². The second-order valence-corrected chi connectivity index (χ2v) is 4.26. The molecule has 0 aliphatic carbocycles. The standard InChI is InChI=1S/C8H18O.C3H6O/c1-6(2)5-7(3)8(4)9;1-3(2)4/h6-9H,5H2,1-4H3;1-2H3/t7-,8?;/m1./s1. The Bertz CT molecular complexity index is 124. The summed E-state index contributed by atoms with van der Waals surface area (Å²) in [4.78, 5) is 9.44. The molecule has 0 amide bonds. The molecule has 0 aliphatic rings. The third kappa shape index (κ3) is 18.5. The van der Waals surface area contributed by atoms with Gasteiger partial charge in [-0.3, -0.25) is 0 Å². The van der Waals surface area contributed by atoms with E-state index in [0.29, 0.717) is 11.8 Å². The number of carbonyl (C=O) groups excluding carboxylic acids is 1. The topological polar surface area (TPSA) is 37.3 Å². The minimum atomic E-state index is -0.146. The summed E-state index contributed by atoms with van der Waals surface area (Å²) in [6, 6.07) is 0. The highest BCUT2D eigenvalue weighted by atomic mass is 16.3. The Morgan fingerprint density at radius 3 is 1.54 bits per heavy atom. The average Bonchev–Trinajstić information content (AvgIpc) is 1.83. The van der Waals surface area contributed by atoms with Crippen LogP contribution in [0.25, 0.3) is 0 Å². The van der Waals surface area contributed by atoms with E-state index in [4.69, 9.17) is 5.11 Å². The summed E-state index contributed by atoms with van der Waals surface area (Å²) >= 11 is 0. The van der Waals surface area contributed by atoms with Crippen molar-refractivity contribution in [3.63, 3.8) is 0 Å². The minimum Gasteiger partial charge on any atom is -0.393 e. The van der Waals surface area contributed by atoms with Gasteiger partial charge in [0.1, 0.15) is 5.78 Å². The van der Waals surface area contributed by atoms with E-state index in [2.05, 4.69) is 20.8 Å². The maximum atomic E-state index is 9.44. The van der Waals surface area contributed by atoms with Crippen LogP contribution in [0.15, 0.2) is 0 Å². The molecule has 0 saturated carbocycles. The molecule has 0 aromatic carbocycles. The lowest BCUT2D eigenvalue weighted by molar-refractivity contribution is -0.114. The van der Waals surface area contributed by atoms with Crippen LogP contribution in [-0.4, -0.2) is 17.0 Å². The highest BCUT2D eigenvalue weighted by Crippen LogP contribution is 2.13. The van der Waals surface area contributed by atoms with Gasteiger partial charge in [-0.2, -0.15) is 0 Å². The van der Waals surface area contributed by atoms with Gasteiger partial charge in [0.05, 0.1) is 6.10 Å². The molecule has 0 bridgehead atoms. The molecule has 0 saturated heterocycles. The summed E-state index contributed by atoms with van der Waals surface area (Å²) in [7, 11) is 0. The third-order valence-electron chi connectivity index (χ3n) is 1.67. The number of rotatable bonds is 3. The number of carbonyl (C=O) groups is 1. The molecule has 13 heavy (non-hydrogen) atoms. The van der Waals surface area contributed by atoms with Crippen LogP contribution in [-0.2, 0) is 4.79 Å². The molecule has 0 heterocycles. The fraction of sp³-hybridized carbons (Fsp3) is 0.909. The first-order chi connectivity index (χ1) is 5.77. The van der Waals surface area contributed by atoms with Gasteiger partial charge in [-0.05, 0) is 39.0 Å². The lowest BCUT2D eigenvalue weighted by Gasteiger charge is -2.15. The first-order valence-electron chi connectivity index (χ1n) is 4.92. The van der Waals surface area contributed by atoms with Crippen LogP contribution in [0, 0.1) is 11.8 Å². The summed E-state index contributed by atoms with van der Waals surface area (Å²) in [5, 5.41) is 9.07. The Labute approximate surface area is 82.4 Å². The van der Waals surface area contributed by atoms with Crippen molar-refractivity contribution in [3.05, 3.63) is 0 Å². The fourth-order valence-corrected chi connectivity index (χ4v) is 0.941. The highest BCUT2D eigenvalue weighted by Gasteiger charge is 2.09. The van der Waals surface area contributed by atoms with E-state index in [1.807, 2.05) is 6.92 Å². The van der Waals surface area contributed by atoms with E-state index in [-0.39, 0.29) is 11.9 Å². The van der Waals surface area contributed by atoms with Crippen LogP contribution in [0.4, 0.5) is 0 Å². The lowest BCUT2D eigenvalue weighted by Crippen LogP contribution is -2.14. The Kier molecular flexibility index (Phi) is 9.58. The van der Waals surface area contributed by atoms with Crippen molar-refractivity contribution < 1.29 is 9.90 Å². The molecule has 0 spiro atoms. The Morgan fingerprint density at radius 2 is 1.46 bits per heavy atom. The molecule has 0 radical (unpaired) electrons. The zero-order chi connectivity index (χ0) is 11.0. The smallest absolute Gasteiger partial charge is 0.126 e. The van der Waals surface area contributed by atoms with E-state index >= 15 is 0 Å². The SMILES string of the molecule is CC(C)=O.CC(C)C[C@@H](C)C(C)O. The van der Waals surface area contributed by atoms with Crippen molar-refractivity contribution in [3.8, 4) is 0 Å². The van der Waals surface area contributed by atoms with Crippen molar-refractivity contribution >= 4 is 5.78 Å². The summed E-state index contributed by atoms with van der Waals surface area (Å²) in [5.74, 6) is 1.32. The number of aliphatic hydroxyl groups excluding tert-OH is 1. The van der Waals surface area contributed by atoms with Crippen LogP contribution in [0.2, 0.25) is 0 Å². The van der Waals surface area contributed by atoms with Gasteiger partial charge in [-0.1, -0.05) is 20.8 Å². The number of Topliss-reactive ketones (excluding diaryl/α,β-unsaturated/α-hetero) is 1. The zero-order valence-corrected chi connectivity index (χ0v) is 9.79. The second-order valence-electron chi connectivity index (χ2n) is 4.26. The van der Waals surface area contributed by atoms with Crippen molar-refractivity contribution in [1.82, 2.24) is 0 Å². The monoisotopic (exact) mass is 188 g/mol. The molecule has 0 aromatic heterocycles. The lowest BCUT2D eigenvalue weighted by atomic mass is 9.95. The van der Waals surface area contributed by atoms with Crippen LogP contribution >= 0.6 is 0 Å². The number of hydrogen-bond acceptors (Lipinski definition) is 2. The van der Waals surface area contributed by atoms with Crippen LogP contribution in [0.3, 0.4) is 0 Å². The van der Waals surface area contributed by atoms with E-state index in [0.717, 1.165) is 6.42 Å². The predicted octanol–water partition coefficient (Wildman–Crippen LogP) is 2.64. The van der Waals surface area contributed by atoms with Gasteiger partial charge < -0.3 is 9.90 Å². The van der Waals surface area contributed by atoms with Crippen LogP contribution < -0.4 is 0 Å². The first-order valence-corrected chi connectivity index (χ1v) is 4.92. The van der Waals surface area contributed by atoms with E-state index in [1.54, 1.807) is 0 Å². The van der Waals surface area contributed by atoms with Crippen LogP contribution in [0.5, 0.6) is 0 Å². The zero-order valence-electron chi connectivity index (χ0n) is 9.79. The quantitative estimate of drug-likeness (QED) is 0.739. The molecule has 0 rings (SSSR count). The van der Waals surface area contributed by atoms with Gasteiger partial charge in [-0.15, -0.1) is 0 Å². The van der Waals surface area contributed by atoms with Crippen molar-refractivity contribution in [1.29, 1.82) is 0 Å². The Morgan fingerprint density at radius 1 is 1.15 bits per heavy atom. The van der Waals surface area contributed by atoms with E-state index in [1.165, 1.54) is 13.8 Å². The van der Waals surface area contributed by atoms with Gasteiger partial charge >= 0.3 is 0 Å². The molecular weight excluding hydrogens is 164 g/mol. The molecule has 2 nitrogen and oxygen atoms in total. The van der Waals surface area contributed by atoms with Gasteiger partial charge in [0, 0.05) is 0 Å². The van der Waals surface area contributed by atoms with Gasteiger partial charge in [0.15, 0.2) is 0 Å². The maximum absolute atomic E-state index is 9.44. The van der Waals surface area contributed by atoms with Crippen molar-refractivity contribution in [2.24, 2.45) is 11.8 Å².